The molecular formula is C23H26N2O3. The molecule has 2 amide bonds. The Morgan fingerprint density at radius 1 is 1.14 bits per heavy atom. The lowest BCUT2D eigenvalue weighted by Crippen LogP contribution is -2.46. The fourth-order valence-corrected chi connectivity index (χ4v) is 3.96. The molecule has 0 bridgehead atoms. The van der Waals surface area contributed by atoms with Crippen molar-refractivity contribution in [2.24, 2.45) is 11.8 Å². The molecule has 0 saturated heterocycles. The van der Waals surface area contributed by atoms with Crippen LogP contribution in [0.3, 0.4) is 0 Å². The zero-order valence-electron chi connectivity index (χ0n) is 16.3. The third-order valence-electron chi connectivity index (χ3n) is 5.71. The van der Waals surface area contributed by atoms with Crippen molar-refractivity contribution in [1.82, 2.24) is 5.32 Å². The number of carbonyl (C=O) groups excluding carboxylic acids is 2. The average molecular weight is 378 g/mol. The van der Waals surface area contributed by atoms with Gasteiger partial charge in [0.25, 0.3) is 5.91 Å². The van der Waals surface area contributed by atoms with Crippen LogP contribution in [0, 0.1) is 11.8 Å². The van der Waals surface area contributed by atoms with Crippen LogP contribution in [0.25, 0.3) is 0 Å². The minimum Gasteiger partial charge on any atom is -0.479 e. The summed E-state index contributed by atoms with van der Waals surface area (Å²) in [6.45, 7) is 4.31. The maximum Gasteiger partial charge on any atom is 0.267 e. The van der Waals surface area contributed by atoms with Gasteiger partial charge >= 0.3 is 0 Å². The molecule has 0 aromatic heterocycles. The highest BCUT2D eigenvalue weighted by Gasteiger charge is 2.41. The lowest BCUT2D eigenvalue weighted by molar-refractivity contribution is -0.125. The minimum atomic E-state index is -0.539. The van der Waals surface area contributed by atoms with Gasteiger partial charge in [-0.2, -0.15) is 0 Å². The topological polar surface area (TPSA) is 58.6 Å². The Morgan fingerprint density at radius 2 is 1.82 bits per heavy atom. The van der Waals surface area contributed by atoms with Crippen LogP contribution in [-0.2, 0) is 9.59 Å². The summed E-state index contributed by atoms with van der Waals surface area (Å²) >= 11 is 0. The standard InChI is InChI=1S/C23H26N2O3/c1-15-14-18(15)22(17-8-4-3-5-9-17)24-21(26)12-13-25-19-10-6-7-11-20(19)28-16(2)23(25)27/h3-11,15-16,18,22H,12-14H2,1-2H3,(H,24,26). The molecule has 5 nitrogen and oxygen atoms in total. The van der Waals surface area contributed by atoms with Crippen molar-refractivity contribution >= 4 is 17.5 Å². The molecule has 2 aliphatic rings. The number of amides is 2. The van der Waals surface area contributed by atoms with E-state index >= 15 is 0 Å². The molecule has 1 N–H and O–H groups in total. The predicted octanol–water partition coefficient (Wildman–Crippen LogP) is 3.70. The van der Waals surface area contributed by atoms with Gasteiger partial charge in [-0.25, -0.2) is 0 Å². The predicted molar refractivity (Wildman–Crippen MR) is 108 cm³/mol. The molecule has 0 radical (unpaired) electrons. The zero-order valence-corrected chi connectivity index (χ0v) is 16.3. The van der Waals surface area contributed by atoms with Crippen LogP contribution in [0.15, 0.2) is 54.6 Å². The SMILES string of the molecule is CC1Oc2ccccc2N(CCC(=O)NC(c2ccccc2)C2CC2C)C1=O. The lowest BCUT2D eigenvalue weighted by atomic mass is 10.0. The molecule has 1 aliphatic heterocycles. The molecule has 4 rings (SSSR count). The van der Waals surface area contributed by atoms with E-state index in [1.54, 1.807) is 11.8 Å². The molecule has 28 heavy (non-hydrogen) atoms. The number of rotatable bonds is 6. The first kappa shape index (κ1) is 18.5. The Labute approximate surface area is 165 Å². The molecule has 2 aromatic carbocycles. The largest absolute Gasteiger partial charge is 0.479 e. The monoisotopic (exact) mass is 378 g/mol. The van der Waals surface area contributed by atoms with Crippen LogP contribution >= 0.6 is 0 Å². The van der Waals surface area contributed by atoms with E-state index in [0.717, 1.165) is 17.7 Å². The molecule has 146 valence electrons. The van der Waals surface area contributed by atoms with Crippen LogP contribution in [0.2, 0.25) is 0 Å². The summed E-state index contributed by atoms with van der Waals surface area (Å²) in [5, 5.41) is 3.21. The maximum atomic E-state index is 12.7. The smallest absolute Gasteiger partial charge is 0.267 e. The van der Waals surface area contributed by atoms with E-state index < -0.39 is 6.10 Å². The van der Waals surface area contributed by atoms with Crippen molar-refractivity contribution in [1.29, 1.82) is 0 Å². The number of carbonyl (C=O) groups is 2. The number of benzene rings is 2. The second-order valence-corrected chi connectivity index (χ2v) is 7.80. The van der Waals surface area contributed by atoms with E-state index in [4.69, 9.17) is 4.74 Å². The van der Waals surface area contributed by atoms with Gasteiger partial charge in [0, 0.05) is 13.0 Å². The van der Waals surface area contributed by atoms with Crippen molar-refractivity contribution < 1.29 is 14.3 Å². The summed E-state index contributed by atoms with van der Waals surface area (Å²) < 4.78 is 5.66. The van der Waals surface area contributed by atoms with Crippen molar-refractivity contribution in [3.05, 3.63) is 60.2 Å². The Bertz CT molecular complexity index is 867. The van der Waals surface area contributed by atoms with Gasteiger partial charge in [0.15, 0.2) is 6.10 Å². The highest BCUT2D eigenvalue weighted by molar-refractivity contribution is 6.00. The van der Waals surface area contributed by atoms with E-state index in [-0.39, 0.29) is 24.3 Å². The lowest BCUT2D eigenvalue weighted by Gasteiger charge is -2.33. The van der Waals surface area contributed by atoms with Crippen LogP contribution in [0.1, 0.15) is 38.3 Å². The molecule has 4 atom stereocenters. The summed E-state index contributed by atoms with van der Waals surface area (Å²) in [7, 11) is 0. The van der Waals surface area contributed by atoms with Gasteiger partial charge in [-0.3, -0.25) is 9.59 Å². The van der Waals surface area contributed by atoms with Crippen LogP contribution in [0.5, 0.6) is 5.75 Å². The molecule has 1 saturated carbocycles. The Balaban J connectivity index is 1.43. The third-order valence-corrected chi connectivity index (χ3v) is 5.71. The van der Waals surface area contributed by atoms with Crippen molar-refractivity contribution in [3.8, 4) is 5.75 Å². The normalized spacial score (nSPS) is 24.1. The Morgan fingerprint density at radius 3 is 2.54 bits per heavy atom. The van der Waals surface area contributed by atoms with Crippen LogP contribution in [-0.4, -0.2) is 24.5 Å². The summed E-state index contributed by atoms with van der Waals surface area (Å²) in [6.07, 6.45) is 0.853. The fourth-order valence-electron chi connectivity index (χ4n) is 3.96. The molecule has 2 aromatic rings. The molecule has 0 spiro atoms. The summed E-state index contributed by atoms with van der Waals surface area (Å²) in [5.41, 5.74) is 1.88. The Kier molecular flexibility index (Phi) is 5.07. The van der Waals surface area contributed by atoms with Gasteiger partial charge in [-0.15, -0.1) is 0 Å². The van der Waals surface area contributed by atoms with Gasteiger partial charge in [0.05, 0.1) is 11.7 Å². The number of nitrogens with zero attached hydrogens (tertiary/aromatic N) is 1. The van der Waals surface area contributed by atoms with Gasteiger partial charge < -0.3 is 15.0 Å². The van der Waals surface area contributed by atoms with Gasteiger partial charge in [-0.1, -0.05) is 49.4 Å². The third kappa shape index (κ3) is 3.75. The van der Waals surface area contributed by atoms with Gasteiger partial charge in [0.2, 0.25) is 5.91 Å². The van der Waals surface area contributed by atoms with Gasteiger partial charge in [0.1, 0.15) is 5.75 Å². The highest BCUT2D eigenvalue weighted by Crippen LogP contribution is 2.47. The summed E-state index contributed by atoms with van der Waals surface area (Å²) in [6, 6.07) is 17.6. The first-order chi connectivity index (χ1) is 13.5. The van der Waals surface area contributed by atoms with Gasteiger partial charge in [-0.05, 0) is 42.9 Å². The number of ether oxygens (including phenoxy) is 1. The van der Waals surface area contributed by atoms with Crippen molar-refractivity contribution in [3.63, 3.8) is 0 Å². The second kappa shape index (κ2) is 7.66. The molecule has 5 heteroatoms. The number of hydrogen-bond acceptors (Lipinski definition) is 3. The van der Waals surface area contributed by atoms with Crippen LogP contribution < -0.4 is 15.0 Å². The average Bonchev–Trinajstić information content (AvgIpc) is 3.43. The molecule has 1 heterocycles. The summed E-state index contributed by atoms with van der Waals surface area (Å²) in [5.74, 6) is 1.65. The second-order valence-electron chi connectivity index (χ2n) is 7.80. The van der Waals surface area contributed by atoms with E-state index in [0.29, 0.717) is 24.1 Å². The van der Waals surface area contributed by atoms with E-state index in [1.807, 2.05) is 42.5 Å². The molecule has 4 unspecified atom stereocenters. The number of anilines is 1. The number of fused-ring (bicyclic) bond motifs is 1. The Hall–Kier alpha value is -2.82. The van der Waals surface area contributed by atoms with E-state index in [2.05, 4.69) is 24.4 Å². The van der Waals surface area contributed by atoms with Crippen molar-refractivity contribution in [2.45, 2.75) is 38.8 Å². The molecular weight excluding hydrogens is 352 g/mol. The number of nitrogens with one attached hydrogen (secondary N) is 1. The summed E-state index contributed by atoms with van der Waals surface area (Å²) in [4.78, 5) is 27.0. The van der Waals surface area contributed by atoms with Crippen molar-refractivity contribution in [2.75, 3.05) is 11.4 Å². The van der Waals surface area contributed by atoms with E-state index in [1.165, 1.54) is 0 Å². The number of para-hydroxylation sites is 2. The maximum absolute atomic E-state index is 12.7. The minimum absolute atomic E-state index is 0.0302. The van der Waals surface area contributed by atoms with E-state index in [9.17, 15) is 9.59 Å². The first-order valence-corrected chi connectivity index (χ1v) is 9.96. The molecule has 1 fully saturated rings. The number of hydrogen-bond donors (Lipinski definition) is 1. The first-order valence-electron chi connectivity index (χ1n) is 9.96. The van der Waals surface area contributed by atoms with Crippen LogP contribution in [0.4, 0.5) is 5.69 Å². The fraction of sp³-hybridized carbons (Fsp3) is 0.391. The quantitative estimate of drug-likeness (QED) is 0.834. The molecule has 1 aliphatic carbocycles. The highest BCUT2D eigenvalue weighted by atomic mass is 16.5. The zero-order chi connectivity index (χ0) is 19.7.